The molecule has 100 valence electrons. The summed E-state index contributed by atoms with van der Waals surface area (Å²) in [4.78, 5) is 14.5. The first-order chi connectivity index (χ1) is 8.52. The highest BCUT2D eigenvalue weighted by Gasteiger charge is 2.20. The number of anilines is 1. The second-order valence-electron chi connectivity index (χ2n) is 4.45. The van der Waals surface area contributed by atoms with E-state index in [9.17, 15) is 9.90 Å². The van der Waals surface area contributed by atoms with Gasteiger partial charge in [0.05, 0.1) is 11.3 Å². The number of aromatic carboxylic acids is 1. The van der Waals surface area contributed by atoms with Crippen molar-refractivity contribution in [1.82, 2.24) is 0 Å². The molecule has 1 rings (SSSR count). The molecule has 1 N–H and O–H groups in total. The van der Waals surface area contributed by atoms with E-state index in [1.807, 2.05) is 24.5 Å². The summed E-state index contributed by atoms with van der Waals surface area (Å²) in [5, 5.41) is 9.44. The molecule has 0 aromatic heterocycles. The van der Waals surface area contributed by atoms with Crippen LogP contribution in [0.5, 0.6) is 0 Å². The van der Waals surface area contributed by atoms with E-state index in [0.29, 0.717) is 11.6 Å². The maximum absolute atomic E-state index is 11.5. The average Bonchev–Trinajstić information content (AvgIpc) is 2.34. The van der Waals surface area contributed by atoms with Crippen LogP contribution < -0.4 is 4.90 Å². The lowest BCUT2D eigenvalue weighted by Gasteiger charge is -2.30. The van der Waals surface area contributed by atoms with Crippen LogP contribution in [0, 0.1) is 0 Å². The second kappa shape index (κ2) is 6.69. The lowest BCUT2D eigenvalue weighted by atomic mass is 10.1. The van der Waals surface area contributed by atoms with Crippen molar-refractivity contribution in [3.8, 4) is 0 Å². The minimum absolute atomic E-state index is 0.292. The fraction of sp³-hybridized carbons (Fsp3) is 0.500. The van der Waals surface area contributed by atoms with E-state index < -0.39 is 5.97 Å². The van der Waals surface area contributed by atoms with Crippen LogP contribution in [0.2, 0.25) is 0 Å². The largest absolute Gasteiger partial charge is 0.478 e. The number of nitrogens with zero attached hydrogens (tertiary/aromatic N) is 1. The van der Waals surface area contributed by atoms with E-state index in [1.54, 1.807) is 0 Å². The number of carbonyl (C=O) groups is 1. The summed E-state index contributed by atoms with van der Waals surface area (Å²) >= 11 is 1.48. The molecular formula is C14H21NO2S. The summed E-state index contributed by atoms with van der Waals surface area (Å²) in [6, 6.07) is 5.99. The van der Waals surface area contributed by atoms with Crippen LogP contribution >= 0.6 is 11.8 Å². The molecule has 0 bridgehead atoms. The molecule has 0 fully saturated rings. The van der Waals surface area contributed by atoms with Crippen LogP contribution in [0.3, 0.4) is 0 Å². The number of rotatable bonds is 6. The molecule has 0 aliphatic carbocycles. The first kappa shape index (κ1) is 14.9. The SMILES string of the molecule is CCCN(c1cccc(SC)c1C(=O)O)C(C)C. The molecular weight excluding hydrogens is 246 g/mol. The van der Waals surface area contributed by atoms with E-state index in [4.69, 9.17) is 0 Å². The fourth-order valence-electron chi connectivity index (χ4n) is 2.04. The van der Waals surface area contributed by atoms with Crippen molar-refractivity contribution in [2.24, 2.45) is 0 Å². The smallest absolute Gasteiger partial charge is 0.338 e. The van der Waals surface area contributed by atoms with Crippen molar-refractivity contribution < 1.29 is 9.90 Å². The van der Waals surface area contributed by atoms with Gasteiger partial charge in [-0.3, -0.25) is 0 Å². The van der Waals surface area contributed by atoms with Crippen molar-refractivity contribution in [2.75, 3.05) is 17.7 Å². The third-order valence-electron chi connectivity index (χ3n) is 2.84. The lowest BCUT2D eigenvalue weighted by Crippen LogP contribution is -2.33. The molecule has 0 heterocycles. The molecule has 0 aliphatic rings. The van der Waals surface area contributed by atoms with Crippen molar-refractivity contribution in [2.45, 2.75) is 38.1 Å². The van der Waals surface area contributed by atoms with Gasteiger partial charge in [-0.15, -0.1) is 11.8 Å². The normalized spacial score (nSPS) is 10.7. The van der Waals surface area contributed by atoms with Crippen molar-refractivity contribution in [3.05, 3.63) is 23.8 Å². The highest BCUT2D eigenvalue weighted by Crippen LogP contribution is 2.31. The maximum Gasteiger partial charge on any atom is 0.338 e. The molecule has 0 aliphatic heterocycles. The molecule has 0 atom stereocenters. The number of carboxylic acids is 1. The standard InChI is InChI=1S/C14H21NO2S/c1-5-9-15(10(2)3)11-7-6-8-12(18-4)13(11)14(16)17/h6-8,10H,5,9H2,1-4H3,(H,16,17). The summed E-state index contributed by atoms with van der Waals surface area (Å²) in [6.45, 7) is 7.16. The predicted molar refractivity (Wildman–Crippen MR) is 78.0 cm³/mol. The van der Waals surface area contributed by atoms with Crippen LogP contribution in [-0.4, -0.2) is 29.9 Å². The van der Waals surface area contributed by atoms with Crippen LogP contribution in [0.25, 0.3) is 0 Å². The number of carboxylic acid groups (broad SMARTS) is 1. The topological polar surface area (TPSA) is 40.5 Å². The molecule has 1 aromatic carbocycles. The Balaban J connectivity index is 3.32. The Morgan fingerprint density at radius 1 is 1.44 bits per heavy atom. The molecule has 0 unspecified atom stereocenters. The molecule has 0 radical (unpaired) electrons. The minimum atomic E-state index is -0.850. The minimum Gasteiger partial charge on any atom is -0.478 e. The number of thioether (sulfide) groups is 1. The van der Waals surface area contributed by atoms with Gasteiger partial charge in [0.15, 0.2) is 0 Å². The molecule has 18 heavy (non-hydrogen) atoms. The van der Waals surface area contributed by atoms with Gasteiger partial charge in [0.2, 0.25) is 0 Å². The summed E-state index contributed by atoms with van der Waals surface area (Å²) < 4.78 is 0. The van der Waals surface area contributed by atoms with Gasteiger partial charge in [-0.2, -0.15) is 0 Å². The van der Waals surface area contributed by atoms with Gasteiger partial charge in [-0.25, -0.2) is 4.79 Å². The Bertz CT molecular complexity index is 418. The monoisotopic (exact) mass is 267 g/mol. The Kier molecular flexibility index (Phi) is 5.54. The number of benzene rings is 1. The van der Waals surface area contributed by atoms with Gasteiger partial charge in [0, 0.05) is 17.5 Å². The van der Waals surface area contributed by atoms with E-state index in [2.05, 4.69) is 25.7 Å². The van der Waals surface area contributed by atoms with Gasteiger partial charge >= 0.3 is 5.97 Å². The fourth-order valence-corrected chi connectivity index (χ4v) is 2.65. The van der Waals surface area contributed by atoms with E-state index in [0.717, 1.165) is 23.5 Å². The van der Waals surface area contributed by atoms with Crippen molar-refractivity contribution >= 4 is 23.4 Å². The van der Waals surface area contributed by atoms with Crippen LogP contribution in [-0.2, 0) is 0 Å². The van der Waals surface area contributed by atoms with E-state index in [1.165, 1.54) is 11.8 Å². The third kappa shape index (κ3) is 3.19. The quantitative estimate of drug-likeness (QED) is 0.797. The Labute approximate surface area is 113 Å². The second-order valence-corrected chi connectivity index (χ2v) is 5.29. The summed E-state index contributed by atoms with van der Waals surface area (Å²) in [6.07, 6.45) is 2.91. The Hall–Kier alpha value is -1.16. The van der Waals surface area contributed by atoms with E-state index in [-0.39, 0.29) is 0 Å². The van der Waals surface area contributed by atoms with Gasteiger partial charge in [0.25, 0.3) is 0 Å². The first-order valence-electron chi connectivity index (χ1n) is 6.19. The Morgan fingerprint density at radius 3 is 2.56 bits per heavy atom. The Morgan fingerprint density at radius 2 is 2.11 bits per heavy atom. The maximum atomic E-state index is 11.5. The summed E-state index contributed by atoms with van der Waals surface area (Å²) in [5.74, 6) is -0.850. The number of hydrogen-bond donors (Lipinski definition) is 1. The van der Waals surface area contributed by atoms with Gasteiger partial charge in [-0.05, 0) is 38.7 Å². The highest BCUT2D eigenvalue weighted by atomic mass is 32.2. The van der Waals surface area contributed by atoms with Crippen LogP contribution in [0.4, 0.5) is 5.69 Å². The van der Waals surface area contributed by atoms with Gasteiger partial charge in [-0.1, -0.05) is 13.0 Å². The molecule has 0 amide bonds. The zero-order valence-corrected chi connectivity index (χ0v) is 12.3. The van der Waals surface area contributed by atoms with Crippen molar-refractivity contribution in [3.63, 3.8) is 0 Å². The zero-order valence-electron chi connectivity index (χ0n) is 11.4. The zero-order chi connectivity index (χ0) is 13.7. The molecule has 4 heteroatoms. The predicted octanol–water partition coefficient (Wildman–Crippen LogP) is 3.73. The van der Waals surface area contributed by atoms with Gasteiger partial charge in [0.1, 0.15) is 0 Å². The molecule has 0 spiro atoms. The highest BCUT2D eigenvalue weighted by molar-refractivity contribution is 7.98. The van der Waals surface area contributed by atoms with Crippen LogP contribution in [0.1, 0.15) is 37.6 Å². The molecule has 0 saturated heterocycles. The van der Waals surface area contributed by atoms with Crippen molar-refractivity contribution in [1.29, 1.82) is 0 Å². The summed E-state index contributed by atoms with van der Waals surface area (Å²) in [7, 11) is 0. The first-order valence-corrected chi connectivity index (χ1v) is 7.42. The number of hydrogen-bond acceptors (Lipinski definition) is 3. The van der Waals surface area contributed by atoms with E-state index >= 15 is 0 Å². The van der Waals surface area contributed by atoms with Crippen LogP contribution in [0.15, 0.2) is 23.1 Å². The molecule has 3 nitrogen and oxygen atoms in total. The molecule has 0 saturated carbocycles. The average molecular weight is 267 g/mol. The lowest BCUT2D eigenvalue weighted by molar-refractivity contribution is 0.0694. The summed E-state index contributed by atoms with van der Waals surface area (Å²) in [5.41, 5.74) is 1.25. The van der Waals surface area contributed by atoms with Gasteiger partial charge < -0.3 is 10.0 Å². The third-order valence-corrected chi connectivity index (χ3v) is 3.62. The molecule has 1 aromatic rings.